The highest BCUT2D eigenvalue weighted by molar-refractivity contribution is 5.16. The number of aromatic amines is 1. The van der Waals surface area contributed by atoms with Crippen LogP contribution in [0.2, 0.25) is 0 Å². The van der Waals surface area contributed by atoms with Crippen LogP contribution in [-0.4, -0.2) is 48.2 Å². The molecule has 0 atom stereocenters. The van der Waals surface area contributed by atoms with E-state index in [2.05, 4.69) is 15.1 Å². The topological polar surface area (TPSA) is 91.6 Å². The Balaban J connectivity index is 0.00000128. The number of H-pyrrole nitrogens is 1. The molecule has 0 radical (unpaired) electrons. The minimum absolute atomic E-state index is 0. The first kappa shape index (κ1) is 12.8. The molecule has 90 valence electrons. The number of hydrogen-bond donors (Lipinski definition) is 1. The van der Waals surface area contributed by atoms with Gasteiger partial charge in [-0.3, -0.25) is 4.90 Å². The summed E-state index contributed by atoms with van der Waals surface area (Å²) < 4.78 is 7.20. The summed E-state index contributed by atoms with van der Waals surface area (Å²) in [6.45, 7) is 5.46. The Labute approximate surface area is 93.3 Å². The Kier molecular flexibility index (Phi) is 5.03. The van der Waals surface area contributed by atoms with Crippen molar-refractivity contribution in [3.8, 4) is 0 Å². The first-order valence-corrected chi connectivity index (χ1v) is 5.09. The number of nitrogens with one attached hydrogen (secondary N) is 1. The van der Waals surface area contributed by atoms with Gasteiger partial charge in [-0.25, -0.2) is 9.55 Å². The maximum absolute atomic E-state index is 10.2. The van der Waals surface area contributed by atoms with Crippen LogP contribution >= 0.6 is 0 Å². The lowest BCUT2D eigenvalue weighted by Gasteiger charge is -2.25. The normalized spacial score (nSPS) is 16.8. The summed E-state index contributed by atoms with van der Waals surface area (Å²) in [5.41, 5.74) is 0. The Morgan fingerprint density at radius 1 is 1.50 bits per heavy atom. The van der Waals surface area contributed by atoms with Gasteiger partial charge in [0.15, 0.2) is 6.20 Å². The van der Waals surface area contributed by atoms with Crippen LogP contribution in [0, 0.1) is 4.91 Å². The van der Waals surface area contributed by atoms with Crippen molar-refractivity contribution in [1.29, 1.82) is 0 Å². The van der Waals surface area contributed by atoms with Crippen molar-refractivity contribution in [2.75, 3.05) is 32.8 Å². The van der Waals surface area contributed by atoms with E-state index < -0.39 is 0 Å². The van der Waals surface area contributed by atoms with Crippen LogP contribution in [0.15, 0.2) is 17.7 Å². The molecule has 0 aromatic carbocycles. The summed E-state index contributed by atoms with van der Waals surface area (Å²) in [5.74, 6) is 0.372. The molecule has 1 saturated heterocycles. The van der Waals surface area contributed by atoms with Gasteiger partial charge in [0.1, 0.15) is 6.54 Å². The summed E-state index contributed by atoms with van der Waals surface area (Å²) in [6.07, 6.45) is 3.48. The summed E-state index contributed by atoms with van der Waals surface area (Å²) in [5, 5.41) is 2.83. The second kappa shape index (κ2) is 6.31. The lowest BCUT2D eigenvalue weighted by Crippen LogP contribution is -2.43. The molecule has 2 heterocycles. The van der Waals surface area contributed by atoms with Crippen LogP contribution in [0.25, 0.3) is 0 Å². The molecular formula is C9H16N4O3. The Bertz CT molecular complexity index is 322. The number of nitrogens with zero attached hydrogens (tertiary/aromatic N) is 3. The van der Waals surface area contributed by atoms with Crippen molar-refractivity contribution in [1.82, 2.24) is 9.88 Å². The van der Waals surface area contributed by atoms with Gasteiger partial charge in [0.05, 0.1) is 13.2 Å². The number of morpholine rings is 1. The van der Waals surface area contributed by atoms with Crippen molar-refractivity contribution >= 4 is 5.82 Å². The smallest absolute Gasteiger partial charge is 0.298 e. The molecule has 7 nitrogen and oxygen atoms in total. The van der Waals surface area contributed by atoms with E-state index in [9.17, 15) is 4.91 Å². The highest BCUT2D eigenvalue weighted by atomic mass is 16.5. The zero-order chi connectivity index (χ0) is 10.5. The molecule has 0 aliphatic carbocycles. The number of imidazole rings is 1. The summed E-state index contributed by atoms with van der Waals surface area (Å²) in [7, 11) is 0. The largest absolute Gasteiger partial charge is 0.870 e. The van der Waals surface area contributed by atoms with Gasteiger partial charge in [0.25, 0.3) is 5.82 Å². The second-order valence-electron chi connectivity index (χ2n) is 3.57. The predicted octanol–water partition coefficient (Wildman–Crippen LogP) is -0.144. The van der Waals surface area contributed by atoms with E-state index in [1.165, 1.54) is 0 Å². The lowest BCUT2D eigenvalue weighted by atomic mass is 10.4. The highest BCUT2D eigenvalue weighted by Crippen LogP contribution is 2.00. The molecule has 1 fully saturated rings. The summed E-state index contributed by atoms with van der Waals surface area (Å²) in [6, 6.07) is 0. The molecule has 16 heavy (non-hydrogen) atoms. The maximum atomic E-state index is 10.2. The molecule has 1 aromatic heterocycles. The van der Waals surface area contributed by atoms with Gasteiger partial charge in [0, 0.05) is 24.8 Å². The number of rotatable bonds is 4. The van der Waals surface area contributed by atoms with Crippen molar-refractivity contribution in [3.05, 3.63) is 17.4 Å². The standard InChI is InChI=1S/C9H14N4O2.H2O/c14-11-9-7-13(8-10-9)2-1-12-3-5-15-6-4-12;/h7-8H,1-6H2;1H2. The monoisotopic (exact) mass is 228 g/mol. The Morgan fingerprint density at radius 3 is 2.88 bits per heavy atom. The maximum Gasteiger partial charge on any atom is 0.298 e. The van der Waals surface area contributed by atoms with E-state index in [1.807, 2.05) is 4.57 Å². The van der Waals surface area contributed by atoms with E-state index in [-0.39, 0.29) is 5.48 Å². The number of aromatic nitrogens is 2. The summed E-state index contributed by atoms with van der Waals surface area (Å²) >= 11 is 0. The van der Waals surface area contributed by atoms with Crippen molar-refractivity contribution < 1.29 is 14.8 Å². The number of nitroso groups, excluding NO2 is 1. The molecule has 7 heteroatoms. The SMILES string of the molecule is O=Nc1c[n+](CCN2CCOCC2)c[nH]1.[OH-]. The minimum atomic E-state index is 0. The van der Waals surface area contributed by atoms with Gasteiger partial charge in [0.2, 0.25) is 6.33 Å². The van der Waals surface area contributed by atoms with Gasteiger partial charge in [-0.15, -0.1) is 4.91 Å². The van der Waals surface area contributed by atoms with Crippen molar-refractivity contribution in [2.45, 2.75) is 6.54 Å². The molecule has 0 unspecified atom stereocenters. The van der Waals surface area contributed by atoms with Crippen LogP contribution in [0.1, 0.15) is 0 Å². The van der Waals surface area contributed by atoms with Gasteiger partial charge in [-0.05, 0) is 0 Å². The molecule has 0 amide bonds. The van der Waals surface area contributed by atoms with E-state index >= 15 is 0 Å². The average molecular weight is 228 g/mol. The molecule has 0 saturated carbocycles. The van der Waals surface area contributed by atoms with Gasteiger partial charge in [-0.2, -0.15) is 0 Å². The molecule has 1 aliphatic rings. The molecule has 1 aromatic rings. The fraction of sp³-hybridized carbons (Fsp3) is 0.667. The minimum Gasteiger partial charge on any atom is -0.870 e. The Hall–Kier alpha value is -1.31. The molecule has 2 N–H and O–H groups in total. The highest BCUT2D eigenvalue weighted by Gasteiger charge is 2.12. The van der Waals surface area contributed by atoms with E-state index in [0.717, 1.165) is 39.4 Å². The average Bonchev–Trinajstić information content (AvgIpc) is 2.76. The molecule has 2 rings (SSSR count). The van der Waals surface area contributed by atoms with E-state index in [0.29, 0.717) is 5.82 Å². The van der Waals surface area contributed by atoms with Crippen LogP contribution in [0.3, 0.4) is 0 Å². The van der Waals surface area contributed by atoms with Crippen LogP contribution in [0.5, 0.6) is 0 Å². The van der Waals surface area contributed by atoms with Crippen LogP contribution in [0.4, 0.5) is 5.82 Å². The van der Waals surface area contributed by atoms with Gasteiger partial charge < -0.3 is 10.2 Å². The number of hydrogen-bond acceptors (Lipinski definition) is 5. The van der Waals surface area contributed by atoms with Crippen LogP contribution < -0.4 is 4.57 Å². The molecule has 0 bridgehead atoms. The van der Waals surface area contributed by atoms with Crippen molar-refractivity contribution in [3.63, 3.8) is 0 Å². The third-order valence-corrected chi connectivity index (χ3v) is 2.54. The molecule has 1 aliphatic heterocycles. The first-order chi connectivity index (χ1) is 7.38. The fourth-order valence-corrected chi connectivity index (χ4v) is 1.64. The lowest BCUT2D eigenvalue weighted by molar-refractivity contribution is -0.695. The third-order valence-electron chi connectivity index (χ3n) is 2.54. The summed E-state index contributed by atoms with van der Waals surface area (Å²) in [4.78, 5) is 15.3. The molecular weight excluding hydrogens is 212 g/mol. The van der Waals surface area contributed by atoms with Crippen molar-refractivity contribution in [2.24, 2.45) is 5.18 Å². The first-order valence-electron chi connectivity index (χ1n) is 5.09. The quantitative estimate of drug-likeness (QED) is 0.573. The van der Waals surface area contributed by atoms with Crippen LogP contribution in [-0.2, 0) is 11.3 Å². The second-order valence-corrected chi connectivity index (χ2v) is 3.57. The third kappa shape index (κ3) is 3.37. The molecule has 0 spiro atoms. The zero-order valence-corrected chi connectivity index (χ0v) is 9.00. The van der Waals surface area contributed by atoms with E-state index in [4.69, 9.17) is 4.74 Å². The predicted molar refractivity (Wildman–Crippen MR) is 55.6 cm³/mol. The zero-order valence-electron chi connectivity index (χ0n) is 9.00. The van der Waals surface area contributed by atoms with Gasteiger partial charge >= 0.3 is 0 Å². The van der Waals surface area contributed by atoms with E-state index in [1.54, 1.807) is 12.5 Å². The number of ether oxygens (including phenoxy) is 1. The Morgan fingerprint density at radius 2 is 2.25 bits per heavy atom. The fourth-order valence-electron chi connectivity index (χ4n) is 1.64. The van der Waals surface area contributed by atoms with Gasteiger partial charge in [-0.1, -0.05) is 0 Å².